The summed E-state index contributed by atoms with van der Waals surface area (Å²) in [6.45, 7) is 4.93. The third-order valence-electron chi connectivity index (χ3n) is 12.6. The lowest BCUT2D eigenvalue weighted by Crippen LogP contribution is -2.63. The number of anilines is 1. The van der Waals surface area contributed by atoms with Gasteiger partial charge in [-0.2, -0.15) is 5.10 Å². The highest BCUT2D eigenvalue weighted by Gasteiger charge is 2.47. The molecule has 0 spiro atoms. The highest BCUT2D eigenvalue weighted by Crippen LogP contribution is 2.38. The lowest BCUT2D eigenvalue weighted by Gasteiger charge is -2.52. The second kappa shape index (κ2) is 14.0. The number of aliphatic imine (C=N–C) groups is 2. The molecule has 15 nitrogen and oxygen atoms in total. The molecule has 0 radical (unpaired) electrons. The molecule has 4 saturated heterocycles. The van der Waals surface area contributed by atoms with Crippen LogP contribution in [0.15, 0.2) is 87.9 Å². The molecule has 0 aromatic heterocycles. The summed E-state index contributed by atoms with van der Waals surface area (Å²) < 4.78 is 6.01. The summed E-state index contributed by atoms with van der Waals surface area (Å²) >= 11 is 0. The van der Waals surface area contributed by atoms with Crippen LogP contribution in [0.5, 0.6) is 11.5 Å². The van der Waals surface area contributed by atoms with Crippen LogP contribution < -0.4 is 20.7 Å². The predicted octanol–water partition coefficient (Wildman–Crippen LogP) is 3.25. The van der Waals surface area contributed by atoms with E-state index < -0.39 is 11.9 Å². The number of hydrogen-bond acceptors (Lipinski definition) is 11. The summed E-state index contributed by atoms with van der Waals surface area (Å²) in [5.41, 5.74) is 10.8. The fourth-order valence-corrected chi connectivity index (χ4v) is 9.38. The summed E-state index contributed by atoms with van der Waals surface area (Å²) in [5, 5.41) is 9.55. The number of carbonyl (C=O) groups excluding carboxylic acids is 4. The Bertz CT molecular complexity index is 2210. The summed E-state index contributed by atoms with van der Waals surface area (Å²) in [4.78, 5) is 68.0. The van der Waals surface area contributed by atoms with Gasteiger partial charge in [0.15, 0.2) is 6.17 Å². The second-order valence-corrected chi connectivity index (χ2v) is 16.1. The summed E-state index contributed by atoms with van der Waals surface area (Å²) in [6, 6.07) is 22.9. The van der Waals surface area contributed by atoms with Gasteiger partial charge >= 0.3 is 6.03 Å². The van der Waals surface area contributed by atoms with Crippen LogP contribution in [0.2, 0.25) is 0 Å². The van der Waals surface area contributed by atoms with Crippen LogP contribution in [-0.4, -0.2) is 119 Å². The number of ether oxygens (including phenoxy) is 1. The maximum atomic E-state index is 13.8. The van der Waals surface area contributed by atoms with E-state index in [1.165, 1.54) is 6.34 Å². The van der Waals surface area contributed by atoms with Gasteiger partial charge in [-0.25, -0.2) is 14.8 Å². The Kier molecular flexibility index (Phi) is 8.67. The fraction of sp³-hybridized carbons (Fsp3) is 0.405. The van der Waals surface area contributed by atoms with Crippen LogP contribution in [0, 0.1) is 17.8 Å². The minimum Gasteiger partial charge on any atom is -0.457 e. The Morgan fingerprint density at radius 1 is 0.860 bits per heavy atom. The average Bonchev–Trinajstić information content (AvgIpc) is 3.74. The van der Waals surface area contributed by atoms with E-state index in [1.807, 2.05) is 76.5 Å². The maximum Gasteiger partial charge on any atom is 0.320 e. The number of rotatable bonds is 7. The molecule has 3 aromatic rings. The second-order valence-electron chi connectivity index (χ2n) is 16.1. The molecule has 10 rings (SSSR count). The molecule has 57 heavy (non-hydrogen) atoms. The number of piperidine rings is 2. The number of nitrogens with one attached hydrogen (secondary N) is 1. The Labute approximate surface area is 329 Å². The molecule has 3 N–H and O–H groups in total. The first-order chi connectivity index (χ1) is 27.8. The number of urea groups is 1. The Morgan fingerprint density at radius 3 is 2.42 bits per heavy atom. The topological polar surface area (TPSA) is 169 Å². The molecular weight excluding hydrogens is 725 g/mol. The number of para-hydroxylation sites is 1. The summed E-state index contributed by atoms with van der Waals surface area (Å²) in [6.07, 6.45) is 3.56. The normalized spacial score (nSPS) is 26.0. The quantitative estimate of drug-likeness (QED) is 0.346. The van der Waals surface area contributed by atoms with E-state index in [-0.39, 0.29) is 42.4 Å². The number of nitrogens with two attached hydrogens (primary N) is 1. The first-order valence-electron chi connectivity index (χ1n) is 19.9. The minimum atomic E-state index is -0.621. The molecule has 7 heterocycles. The van der Waals surface area contributed by atoms with Gasteiger partial charge in [0.1, 0.15) is 35.6 Å². The zero-order valence-corrected chi connectivity index (χ0v) is 31.4. The van der Waals surface area contributed by atoms with Crippen LogP contribution in [0.1, 0.15) is 47.2 Å². The van der Waals surface area contributed by atoms with Crippen LogP contribution in [0.4, 0.5) is 10.5 Å². The molecule has 0 saturated carbocycles. The first-order valence-corrected chi connectivity index (χ1v) is 19.9. The van der Waals surface area contributed by atoms with Gasteiger partial charge in [-0.05, 0) is 85.0 Å². The molecule has 5 amide bonds. The van der Waals surface area contributed by atoms with Crippen molar-refractivity contribution in [1.29, 1.82) is 0 Å². The van der Waals surface area contributed by atoms with E-state index in [0.717, 1.165) is 73.0 Å². The van der Waals surface area contributed by atoms with Gasteiger partial charge in [0.25, 0.3) is 5.91 Å². The van der Waals surface area contributed by atoms with Crippen LogP contribution in [0.3, 0.4) is 0 Å². The number of carbonyl (C=O) groups is 4. The zero-order chi connectivity index (χ0) is 38.8. The van der Waals surface area contributed by atoms with Crippen molar-refractivity contribution in [3.05, 3.63) is 89.5 Å². The highest BCUT2D eigenvalue weighted by molar-refractivity contribution is 6.17. The Balaban J connectivity index is 0.739. The Morgan fingerprint density at radius 2 is 1.63 bits per heavy atom. The molecule has 0 aliphatic carbocycles. The van der Waals surface area contributed by atoms with Crippen molar-refractivity contribution in [2.75, 3.05) is 44.2 Å². The number of imide groups is 1. The number of nitrogens with zero attached hydrogens (tertiary/aromatic N) is 8. The molecule has 7 aliphatic rings. The molecule has 4 atom stereocenters. The van der Waals surface area contributed by atoms with Gasteiger partial charge in [0, 0.05) is 75.3 Å². The summed E-state index contributed by atoms with van der Waals surface area (Å²) in [7, 11) is 0. The zero-order valence-electron chi connectivity index (χ0n) is 31.4. The van der Waals surface area contributed by atoms with Gasteiger partial charge in [-0.1, -0.05) is 18.2 Å². The molecule has 4 unspecified atom stereocenters. The van der Waals surface area contributed by atoms with Crippen molar-refractivity contribution >= 4 is 47.3 Å². The number of hydrazone groups is 1. The minimum absolute atomic E-state index is 0.00702. The number of amides is 5. The molecule has 15 heteroatoms. The highest BCUT2D eigenvalue weighted by atomic mass is 16.5. The van der Waals surface area contributed by atoms with E-state index in [9.17, 15) is 19.2 Å². The number of fused-ring (bicyclic) bond motifs is 2. The largest absolute Gasteiger partial charge is 0.457 e. The third kappa shape index (κ3) is 6.34. The van der Waals surface area contributed by atoms with Gasteiger partial charge < -0.3 is 30.1 Å². The molecule has 0 bridgehead atoms. The lowest BCUT2D eigenvalue weighted by molar-refractivity contribution is -0.136. The maximum absolute atomic E-state index is 13.8. The van der Waals surface area contributed by atoms with Crippen molar-refractivity contribution < 1.29 is 23.9 Å². The first kappa shape index (κ1) is 35.2. The van der Waals surface area contributed by atoms with E-state index in [0.29, 0.717) is 49.3 Å². The van der Waals surface area contributed by atoms with E-state index in [4.69, 9.17) is 20.6 Å². The van der Waals surface area contributed by atoms with Crippen molar-refractivity contribution in [2.24, 2.45) is 38.6 Å². The molecule has 7 aliphatic heterocycles. The lowest BCUT2D eigenvalue weighted by atomic mass is 9.80. The number of likely N-dealkylation sites (tertiary alicyclic amines) is 2. The fourth-order valence-electron chi connectivity index (χ4n) is 9.38. The molecule has 4 fully saturated rings. The van der Waals surface area contributed by atoms with Crippen LogP contribution in [0.25, 0.3) is 0 Å². The van der Waals surface area contributed by atoms with Crippen molar-refractivity contribution in [2.45, 2.75) is 50.5 Å². The smallest absolute Gasteiger partial charge is 0.320 e. The molecule has 3 aromatic carbocycles. The van der Waals surface area contributed by atoms with Gasteiger partial charge in [0.2, 0.25) is 11.8 Å². The van der Waals surface area contributed by atoms with E-state index in [2.05, 4.69) is 26.3 Å². The van der Waals surface area contributed by atoms with Gasteiger partial charge in [-0.15, -0.1) is 0 Å². The number of amidine groups is 1. The third-order valence-corrected chi connectivity index (χ3v) is 12.6. The standard InChI is InChI=1S/C42H44N10O5/c43-38-36-37(25-8-11-32(12-9-25)57-31-6-2-1-3-7-31)47-52(39(36)45-24-44-38)30-5-4-16-48(23-30)42(56)50-20-28(21-50)27-18-49(19-27)29-10-13-33-26(17-29)22-51(41(33)55)34-14-15-35(53)46-40(34)54/h1-3,6-13,17,24,27-28,30,34,36,39H,4-5,14-16,18-23H2,(H2,43,44,45)(H,46,53,54). The van der Waals surface area contributed by atoms with Crippen molar-refractivity contribution in [1.82, 2.24) is 25.0 Å². The van der Waals surface area contributed by atoms with Crippen LogP contribution in [-0.2, 0) is 16.1 Å². The average molecular weight is 769 g/mol. The number of hydrogen-bond donors (Lipinski definition) is 2. The molecule has 292 valence electrons. The monoisotopic (exact) mass is 768 g/mol. The van der Waals surface area contributed by atoms with Crippen LogP contribution >= 0.6 is 0 Å². The van der Waals surface area contributed by atoms with Gasteiger partial charge in [0.05, 0.1) is 11.8 Å². The SMILES string of the molecule is NC1=NC=NC2C1C(c1ccc(Oc3ccccc3)cc1)=NN2C1CCCN(C(=O)N2CC(C3CN(c4ccc5c(c4)CN(C4CCC(=O)NC4=O)C5=O)C3)C2)C1. The molecular formula is C42H44N10O5. The summed E-state index contributed by atoms with van der Waals surface area (Å²) in [5.74, 6) is 1.77. The van der Waals surface area contributed by atoms with E-state index >= 15 is 0 Å². The van der Waals surface area contributed by atoms with Crippen molar-refractivity contribution in [3.8, 4) is 11.5 Å². The van der Waals surface area contributed by atoms with E-state index in [1.54, 1.807) is 4.90 Å². The van der Waals surface area contributed by atoms with Crippen molar-refractivity contribution in [3.63, 3.8) is 0 Å². The predicted molar refractivity (Wildman–Crippen MR) is 212 cm³/mol. The van der Waals surface area contributed by atoms with Gasteiger partial charge in [-0.3, -0.25) is 24.7 Å². The number of benzene rings is 3. The Hall–Kier alpha value is -6.25.